The molecule has 0 saturated carbocycles. The molecule has 1 N–H and O–H groups in total. The number of nitrogens with zero attached hydrogens (tertiary/aromatic N) is 1. The van der Waals surface area contributed by atoms with Crippen molar-refractivity contribution in [3.63, 3.8) is 0 Å². The molecule has 1 amide bonds. The van der Waals surface area contributed by atoms with Crippen LogP contribution in [0.25, 0.3) is 0 Å². The van der Waals surface area contributed by atoms with Gasteiger partial charge in [-0.3, -0.25) is 4.79 Å². The largest absolute Gasteiger partial charge is 0.495 e. The van der Waals surface area contributed by atoms with Gasteiger partial charge in [0.25, 0.3) is 5.91 Å². The first-order valence-corrected chi connectivity index (χ1v) is 11.0. The lowest BCUT2D eigenvalue weighted by atomic mass is 10.2. The van der Waals surface area contributed by atoms with Crippen molar-refractivity contribution in [3.05, 3.63) is 51.5 Å². The van der Waals surface area contributed by atoms with Crippen LogP contribution in [0.1, 0.15) is 10.4 Å². The average Bonchev–Trinajstić information content (AvgIpc) is 2.69. The second kappa shape index (κ2) is 8.79. The van der Waals surface area contributed by atoms with Crippen LogP contribution in [0.3, 0.4) is 0 Å². The van der Waals surface area contributed by atoms with E-state index in [0.717, 1.165) is 0 Å². The Balaban J connectivity index is 1.91. The predicted molar refractivity (Wildman–Crippen MR) is 110 cm³/mol. The van der Waals surface area contributed by atoms with Crippen molar-refractivity contribution in [3.8, 4) is 5.75 Å². The molecule has 1 saturated heterocycles. The number of carbonyl (C=O) groups excluding carboxylic acids is 1. The van der Waals surface area contributed by atoms with Crippen LogP contribution < -0.4 is 10.1 Å². The van der Waals surface area contributed by atoms with Gasteiger partial charge in [-0.1, -0.05) is 11.6 Å². The minimum absolute atomic E-state index is 0.0279. The molecule has 1 fully saturated rings. The molecule has 1 aliphatic heterocycles. The minimum Gasteiger partial charge on any atom is -0.495 e. The summed E-state index contributed by atoms with van der Waals surface area (Å²) in [5, 5.41) is 3.14. The molecule has 2 aromatic rings. The Morgan fingerprint density at radius 1 is 1.21 bits per heavy atom. The van der Waals surface area contributed by atoms with Gasteiger partial charge in [0.05, 0.1) is 30.9 Å². The van der Waals surface area contributed by atoms with Gasteiger partial charge in [0.1, 0.15) is 5.75 Å². The van der Waals surface area contributed by atoms with Crippen LogP contribution in [-0.2, 0) is 14.8 Å². The van der Waals surface area contributed by atoms with E-state index in [1.165, 1.54) is 29.6 Å². The van der Waals surface area contributed by atoms with Crippen molar-refractivity contribution in [1.82, 2.24) is 4.31 Å². The molecule has 0 radical (unpaired) electrons. The molecular formula is C18H18BrClN2O5S. The summed E-state index contributed by atoms with van der Waals surface area (Å²) in [6.45, 7) is 1.22. The molecule has 0 unspecified atom stereocenters. The van der Waals surface area contributed by atoms with Gasteiger partial charge < -0.3 is 14.8 Å². The van der Waals surface area contributed by atoms with Gasteiger partial charge in [-0.25, -0.2) is 8.42 Å². The number of nitrogens with one attached hydrogen (secondary N) is 1. The van der Waals surface area contributed by atoms with Gasteiger partial charge in [-0.05, 0) is 52.3 Å². The van der Waals surface area contributed by atoms with E-state index >= 15 is 0 Å². The smallest absolute Gasteiger partial charge is 0.255 e. The van der Waals surface area contributed by atoms with E-state index in [0.29, 0.717) is 34.1 Å². The van der Waals surface area contributed by atoms with Crippen molar-refractivity contribution in [1.29, 1.82) is 0 Å². The van der Waals surface area contributed by atoms with Crippen LogP contribution >= 0.6 is 27.5 Å². The zero-order chi connectivity index (χ0) is 20.3. The second-order valence-electron chi connectivity index (χ2n) is 5.96. The highest BCUT2D eigenvalue weighted by Crippen LogP contribution is 2.30. The van der Waals surface area contributed by atoms with Gasteiger partial charge in [0.15, 0.2) is 0 Å². The molecule has 0 spiro atoms. The number of sulfonamides is 1. The summed E-state index contributed by atoms with van der Waals surface area (Å²) < 4.78 is 38.1. The fraction of sp³-hybridized carbons (Fsp3) is 0.278. The quantitative estimate of drug-likeness (QED) is 0.696. The number of halogens is 2. The molecule has 0 atom stereocenters. The van der Waals surface area contributed by atoms with Crippen LogP contribution in [0, 0.1) is 0 Å². The normalized spacial score (nSPS) is 15.2. The Morgan fingerprint density at radius 2 is 1.93 bits per heavy atom. The maximum absolute atomic E-state index is 13.0. The molecule has 0 aromatic heterocycles. The number of methoxy groups -OCH3 is 1. The van der Waals surface area contributed by atoms with Crippen molar-refractivity contribution < 1.29 is 22.7 Å². The Morgan fingerprint density at radius 3 is 2.61 bits per heavy atom. The molecular weight excluding hydrogens is 472 g/mol. The second-order valence-corrected chi connectivity index (χ2v) is 9.16. The summed E-state index contributed by atoms with van der Waals surface area (Å²) >= 11 is 9.26. The highest BCUT2D eigenvalue weighted by molar-refractivity contribution is 9.10. The van der Waals surface area contributed by atoms with Gasteiger partial charge in [-0.2, -0.15) is 4.31 Å². The number of rotatable bonds is 5. The van der Waals surface area contributed by atoms with Crippen molar-refractivity contribution >= 4 is 49.1 Å². The standard InChI is InChI=1S/C18H18BrClN2O5S/c1-26-16-5-3-13(20)11-15(16)21-18(23)12-2-4-14(19)17(10-12)28(24,25)22-6-8-27-9-7-22/h2-5,10-11H,6-9H2,1H3,(H,21,23). The maximum Gasteiger partial charge on any atom is 0.255 e. The number of hydrogen-bond acceptors (Lipinski definition) is 5. The summed E-state index contributed by atoms with van der Waals surface area (Å²) in [7, 11) is -2.28. The zero-order valence-corrected chi connectivity index (χ0v) is 18.1. The van der Waals surface area contributed by atoms with Gasteiger partial charge in [-0.15, -0.1) is 0 Å². The first kappa shape index (κ1) is 21.1. The van der Waals surface area contributed by atoms with E-state index in [2.05, 4.69) is 21.2 Å². The highest BCUT2D eigenvalue weighted by atomic mass is 79.9. The van der Waals surface area contributed by atoms with Crippen LogP contribution in [0.5, 0.6) is 5.75 Å². The van der Waals surface area contributed by atoms with E-state index in [-0.39, 0.29) is 23.5 Å². The molecule has 2 aromatic carbocycles. The molecule has 10 heteroatoms. The Kier molecular flexibility index (Phi) is 6.61. The van der Waals surface area contributed by atoms with E-state index in [9.17, 15) is 13.2 Å². The lowest BCUT2D eigenvalue weighted by Crippen LogP contribution is -2.40. The molecule has 3 rings (SSSR count). The third kappa shape index (κ3) is 4.49. The Hall–Kier alpha value is -1.65. The Bertz CT molecular complexity index is 993. The number of amides is 1. The van der Waals surface area contributed by atoms with Crippen LogP contribution in [0.2, 0.25) is 5.02 Å². The first-order valence-electron chi connectivity index (χ1n) is 8.35. The first-order chi connectivity index (χ1) is 13.3. The average molecular weight is 490 g/mol. The third-order valence-corrected chi connectivity index (χ3v) is 7.32. The number of carbonyl (C=O) groups is 1. The van der Waals surface area contributed by atoms with Crippen LogP contribution in [0.4, 0.5) is 5.69 Å². The summed E-state index contributed by atoms with van der Waals surface area (Å²) in [5.41, 5.74) is 0.581. The summed E-state index contributed by atoms with van der Waals surface area (Å²) in [6, 6.07) is 9.26. The van der Waals surface area contributed by atoms with E-state index in [1.807, 2.05) is 0 Å². The fourth-order valence-electron chi connectivity index (χ4n) is 2.74. The summed E-state index contributed by atoms with van der Waals surface area (Å²) in [4.78, 5) is 12.7. The SMILES string of the molecule is COc1ccc(Cl)cc1NC(=O)c1ccc(Br)c(S(=O)(=O)N2CCOCC2)c1. The Labute approximate surface area is 176 Å². The third-order valence-electron chi connectivity index (χ3n) is 4.19. The van der Waals surface area contributed by atoms with Gasteiger partial charge in [0, 0.05) is 28.1 Å². The molecule has 1 heterocycles. The number of ether oxygens (including phenoxy) is 2. The van der Waals surface area contributed by atoms with E-state index in [1.54, 1.807) is 18.2 Å². The maximum atomic E-state index is 13.0. The molecule has 0 bridgehead atoms. The zero-order valence-electron chi connectivity index (χ0n) is 14.9. The van der Waals surface area contributed by atoms with E-state index < -0.39 is 15.9 Å². The number of morpholine rings is 1. The fourth-order valence-corrected chi connectivity index (χ4v) is 5.27. The summed E-state index contributed by atoms with van der Waals surface area (Å²) in [6.07, 6.45) is 0. The van der Waals surface area contributed by atoms with Crippen LogP contribution in [-0.4, -0.2) is 52.0 Å². The molecule has 7 nitrogen and oxygen atoms in total. The minimum atomic E-state index is -3.76. The predicted octanol–water partition coefficient (Wildman–Crippen LogP) is 3.38. The molecule has 28 heavy (non-hydrogen) atoms. The number of anilines is 1. The van der Waals surface area contributed by atoms with Gasteiger partial charge >= 0.3 is 0 Å². The van der Waals surface area contributed by atoms with Gasteiger partial charge in [0.2, 0.25) is 10.0 Å². The van der Waals surface area contributed by atoms with Crippen molar-refractivity contribution in [2.75, 3.05) is 38.7 Å². The molecule has 150 valence electrons. The van der Waals surface area contributed by atoms with Crippen molar-refractivity contribution in [2.45, 2.75) is 4.90 Å². The summed E-state index contributed by atoms with van der Waals surface area (Å²) in [5.74, 6) is -0.0393. The molecule has 1 aliphatic rings. The lowest BCUT2D eigenvalue weighted by molar-refractivity contribution is 0.0730. The van der Waals surface area contributed by atoms with Crippen LogP contribution in [0.15, 0.2) is 45.8 Å². The monoisotopic (exact) mass is 488 g/mol. The molecule has 0 aliphatic carbocycles. The number of hydrogen-bond donors (Lipinski definition) is 1. The lowest BCUT2D eigenvalue weighted by Gasteiger charge is -2.26. The highest BCUT2D eigenvalue weighted by Gasteiger charge is 2.29. The van der Waals surface area contributed by atoms with E-state index in [4.69, 9.17) is 21.1 Å². The van der Waals surface area contributed by atoms with Crippen molar-refractivity contribution in [2.24, 2.45) is 0 Å². The topological polar surface area (TPSA) is 84.9 Å². The number of benzene rings is 2.